The summed E-state index contributed by atoms with van der Waals surface area (Å²) in [5.74, 6) is -1.32. The number of nitrogens with zero attached hydrogens (tertiary/aromatic N) is 2. The van der Waals surface area contributed by atoms with E-state index >= 15 is 0 Å². The van der Waals surface area contributed by atoms with E-state index in [1.807, 2.05) is 31.2 Å². The van der Waals surface area contributed by atoms with Gasteiger partial charge >= 0.3 is 0 Å². The van der Waals surface area contributed by atoms with Gasteiger partial charge in [0.15, 0.2) is 0 Å². The van der Waals surface area contributed by atoms with Crippen molar-refractivity contribution < 1.29 is 29.0 Å². The van der Waals surface area contributed by atoms with Crippen LogP contribution in [0.25, 0.3) is 0 Å². The van der Waals surface area contributed by atoms with Gasteiger partial charge < -0.3 is 9.84 Å². The third kappa shape index (κ3) is 4.40. The van der Waals surface area contributed by atoms with Gasteiger partial charge in [0.05, 0.1) is 23.3 Å². The van der Waals surface area contributed by atoms with Crippen LogP contribution in [0.3, 0.4) is 0 Å². The number of ether oxygens (including phenoxy) is 1. The molecule has 0 aromatic heterocycles. The van der Waals surface area contributed by atoms with Crippen LogP contribution in [0.15, 0.2) is 42.5 Å². The van der Waals surface area contributed by atoms with Gasteiger partial charge in [0, 0.05) is 26.1 Å². The van der Waals surface area contributed by atoms with Gasteiger partial charge in [-0.3, -0.25) is 34.3 Å². The summed E-state index contributed by atoms with van der Waals surface area (Å²) in [6.45, 7) is 4.69. The predicted molar refractivity (Wildman–Crippen MR) is 129 cm³/mol. The highest BCUT2D eigenvalue weighted by atomic mass is 16.5. The monoisotopic (exact) mass is 491 g/mol. The number of hydrogen-bond donors (Lipinski definition) is 2. The number of piperidine rings is 2. The average Bonchev–Trinajstić information content (AvgIpc) is 3.11. The summed E-state index contributed by atoms with van der Waals surface area (Å²) in [6, 6.07) is 11.8. The van der Waals surface area contributed by atoms with E-state index in [4.69, 9.17) is 4.74 Å². The highest BCUT2D eigenvalue weighted by Crippen LogP contribution is 2.36. The number of imide groups is 2. The molecule has 36 heavy (non-hydrogen) atoms. The molecule has 3 aliphatic heterocycles. The molecule has 2 aromatic rings. The van der Waals surface area contributed by atoms with Gasteiger partial charge in [-0.15, -0.1) is 0 Å². The number of carbonyl (C=O) groups excluding carboxylic acids is 4. The van der Waals surface area contributed by atoms with Crippen LogP contribution in [0, 0.1) is 0 Å². The minimum atomic E-state index is -1.12. The Kier molecular flexibility index (Phi) is 6.36. The Morgan fingerprint density at radius 1 is 1.00 bits per heavy atom. The van der Waals surface area contributed by atoms with Crippen molar-refractivity contribution in [3.63, 3.8) is 0 Å². The number of carbonyl (C=O) groups is 4. The normalized spacial score (nSPS) is 21.9. The van der Waals surface area contributed by atoms with E-state index in [0.29, 0.717) is 38.1 Å². The molecule has 3 heterocycles. The van der Waals surface area contributed by atoms with E-state index in [2.05, 4.69) is 10.2 Å². The summed E-state index contributed by atoms with van der Waals surface area (Å²) in [5, 5.41) is 13.6. The molecular weight excluding hydrogens is 462 g/mol. The summed E-state index contributed by atoms with van der Waals surface area (Å²) < 4.78 is 5.50. The smallest absolute Gasteiger partial charge is 0.262 e. The van der Waals surface area contributed by atoms with E-state index in [1.54, 1.807) is 18.2 Å². The molecule has 0 spiro atoms. The van der Waals surface area contributed by atoms with Crippen molar-refractivity contribution in [3.05, 3.63) is 64.7 Å². The minimum absolute atomic E-state index is 0.0714. The van der Waals surface area contributed by atoms with E-state index in [0.717, 1.165) is 17.2 Å². The van der Waals surface area contributed by atoms with Gasteiger partial charge in [0.25, 0.3) is 11.8 Å². The number of amides is 4. The lowest BCUT2D eigenvalue weighted by molar-refractivity contribution is -0.136. The summed E-state index contributed by atoms with van der Waals surface area (Å²) in [4.78, 5) is 53.0. The quantitative estimate of drug-likeness (QED) is 0.594. The number of aliphatic hydroxyl groups is 1. The van der Waals surface area contributed by atoms with Crippen molar-refractivity contribution in [2.75, 3.05) is 19.7 Å². The standard InChI is InChI=1S/C27H29N3O6/c1-2-36-19-6-3-17(4-7-19)16-29-13-11-27(35,12-14-29)18-5-8-20-21(15-18)26(34)30(25(20)33)22-9-10-23(31)28-24(22)32/h3-8,15,22,35H,2,9-14,16H2,1H3,(H,28,31,32). The maximum atomic E-state index is 13.1. The van der Waals surface area contributed by atoms with Crippen molar-refractivity contribution in [2.45, 2.75) is 50.8 Å². The fourth-order valence-corrected chi connectivity index (χ4v) is 5.25. The third-order valence-corrected chi connectivity index (χ3v) is 7.30. The molecule has 1 unspecified atom stereocenters. The molecule has 9 heteroatoms. The van der Waals surface area contributed by atoms with Crippen LogP contribution in [0.1, 0.15) is 64.4 Å². The minimum Gasteiger partial charge on any atom is -0.494 e. The molecule has 188 valence electrons. The number of hydrogen-bond acceptors (Lipinski definition) is 7. The van der Waals surface area contributed by atoms with Crippen LogP contribution >= 0.6 is 0 Å². The average molecular weight is 492 g/mol. The first-order valence-corrected chi connectivity index (χ1v) is 12.3. The van der Waals surface area contributed by atoms with Gasteiger partial charge in [-0.25, -0.2) is 0 Å². The fourth-order valence-electron chi connectivity index (χ4n) is 5.25. The van der Waals surface area contributed by atoms with E-state index < -0.39 is 35.3 Å². The number of benzene rings is 2. The molecule has 0 aliphatic carbocycles. The first-order valence-electron chi connectivity index (χ1n) is 12.3. The molecule has 3 aliphatic rings. The third-order valence-electron chi connectivity index (χ3n) is 7.30. The number of rotatable bonds is 6. The van der Waals surface area contributed by atoms with E-state index in [1.165, 1.54) is 5.56 Å². The first-order chi connectivity index (χ1) is 17.3. The van der Waals surface area contributed by atoms with Crippen molar-refractivity contribution >= 4 is 23.6 Å². The number of fused-ring (bicyclic) bond motifs is 1. The fraction of sp³-hybridized carbons (Fsp3) is 0.407. The largest absolute Gasteiger partial charge is 0.494 e. The summed E-state index contributed by atoms with van der Waals surface area (Å²) in [7, 11) is 0. The molecule has 2 N–H and O–H groups in total. The molecule has 2 saturated heterocycles. The van der Waals surface area contributed by atoms with Crippen LogP contribution in [0.4, 0.5) is 0 Å². The molecular formula is C27H29N3O6. The lowest BCUT2D eigenvalue weighted by Crippen LogP contribution is -2.54. The Hall–Kier alpha value is -3.56. The van der Waals surface area contributed by atoms with Gasteiger partial charge in [-0.05, 0) is 61.6 Å². The van der Waals surface area contributed by atoms with Crippen molar-refractivity contribution in [2.24, 2.45) is 0 Å². The van der Waals surface area contributed by atoms with Crippen LogP contribution in [-0.4, -0.2) is 64.3 Å². The highest BCUT2D eigenvalue weighted by molar-refractivity contribution is 6.23. The second-order valence-corrected chi connectivity index (χ2v) is 9.59. The molecule has 5 rings (SSSR count). The molecule has 0 radical (unpaired) electrons. The second-order valence-electron chi connectivity index (χ2n) is 9.59. The molecule has 0 saturated carbocycles. The maximum absolute atomic E-state index is 13.1. The van der Waals surface area contributed by atoms with Gasteiger partial charge in [0.2, 0.25) is 11.8 Å². The Labute approximate surface area is 209 Å². The van der Waals surface area contributed by atoms with Crippen LogP contribution in [0.5, 0.6) is 5.75 Å². The van der Waals surface area contributed by atoms with Crippen molar-refractivity contribution in [1.29, 1.82) is 0 Å². The molecule has 4 amide bonds. The Morgan fingerprint density at radius 2 is 1.69 bits per heavy atom. The Bertz CT molecular complexity index is 1220. The predicted octanol–water partition coefficient (Wildman–Crippen LogP) is 1.97. The second kappa shape index (κ2) is 9.48. The summed E-state index contributed by atoms with van der Waals surface area (Å²) >= 11 is 0. The summed E-state index contributed by atoms with van der Waals surface area (Å²) in [6.07, 6.45) is 1.16. The zero-order valence-electron chi connectivity index (χ0n) is 20.2. The van der Waals surface area contributed by atoms with Gasteiger partial charge in [-0.1, -0.05) is 18.2 Å². The lowest BCUT2D eigenvalue weighted by Gasteiger charge is -2.38. The van der Waals surface area contributed by atoms with E-state index in [9.17, 15) is 24.3 Å². The maximum Gasteiger partial charge on any atom is 0.262 e. The summed E-state index contributed by atoms with van der Waals surface area (Å²) in [5.41, 5.74) is 1.04. The number of nitrogens with one attached hydrogen (secondary N) is 1. The zero-order chi connectivity index (χ0) is 25.4. The van der Waals surface area contributed by atoms with Crippen LogP contribution < -0.4 is 10.1 Å². The first kappa shape index (κ1) is 24.1. The SMILES string of the molecule is CCOc1ccc(CN2CCC(O)(c3ccc4c(c3)C(=O)N(C3CCC(=O)NC3=O)C4=O)CC2)cc1. The molecule has 9 nitrogen and oxygen atoms in total. The molecule has 2 fully saturated rings. The topological polar surface area (TPSA) is 116 Å². The van der Waals surface area contributed by atoms with Gasteiger partial charge in [-0.2, -0.15) is 0 Å². The van der Waals surface area contributed by atoms with E-state index in [-0.39, 0.29) is 24.0 Å². The molecule has 0 bridgehead atoms. The van der Waals surface area contributed by atoms with Crippen molar-refractivity contribution in [3.8, 4) is 5.75 Å². The van der Waals surface area contributed by atoms with Crippen LogP contribution in [-0.2, 0) is 21.7 Å². The zero-order valence-corrected chi connectivity index (χ0v) is 20.2. The Balaban J connectivity index is 1.27. The molecule has 1 atom stereocenters. The van der Waals surface area contributed by atoms with Gasteiger partial charge in [0.1, 0.15) is 11.8 Å². The van der Waals surface area contributed by atoms with Crippen molar-refractivity contribution in [1.82, 2.24) is 15.1 Å². The van der Waals surface area contributed by atoms with Crippen LogP contribution in [0.2, 0.25) is 0 Å². The molecule has 2 aromatic carbocycles. The highest BCUT2D eigenvalue weighted by Gasteiger charge is 2.45. The lowest BCUT2D eigenvalue weighted by atomic mass is 9.83. The number of likely N-dealkylation sites (tertiary alicyclic amines) is 1. The Morgan fingerprint density at radius 3 is 2.36 bits per heavy atom.